The first-order valence-electron chi connectivity index (χ1n) is 17.0. The molecular weight excluding hydrogens is 667 g/mol. The summed E-state index contributed by atoms with van der Waals surface area (Å²) in [4.78, 5) is 61.5. The maximum atomic E-state index is 14.5. The van der Waals surface area contributed by atoms with Crippen molar-refractivity contribution in [1.29, 1.82) is 0 Å². The number of sulfonamides is 1. The van der Waals surface area contributed by atoms with Crippen molar-refractivity contribution in [2.75, 3.05) is 6.54 Å². The minimum absolute atomic E-state index is 0.154. The SMILES string of the molecule is C=C[C@@H]1C[C@]1(NC(=O)[C@@H]1C[C@@H](c2csc(-c3ccccc3)n2)CN1C(=O)[C@@H](NC(=O)OC1CCCC1)C(C)(C)C)C(=O)NS(=O)(=O)C1CC1. The number of nitrogens with one attached hydrogen (secondary N) is 3. The lowest BCUT2D eigenvalue weighted by Gasteiger charge is -2.35. The fraction of sp³-hybridized carbons (Fsp3) is 0.571. The molecule has 5 atom stereocenters. The number of ether oxygens (including phenoxy) is 1. The standard InChI is InChI=1S/C35H45N5O7S2/c1-5-23-18-35(23,32(43)39-49(45,46)25-15-16-25)38-29(41)27-17-22(26-20-48-30(36-26)21-11-7-6-8-12-21)19-40(27)31(42)28(34(2,3)4)37-33(44)47-24-13-9-10-14-24/h5-8,11-12,20,22-25,27-28H,1,9-10,13-19H2,2-4H3,(H,37,44)(H,38,41)(H,39,43)/t22-,23-,27+,28-,35-/m1/s1. The van der Waals surface area contributed by atoms with Crippen molar-refractivity contribution in [2.24, 2.45) is 11.3 Å². The van der Waals surface area contributed by atoms with Gasteiger partial charge < -0.3 is 20.3 Å². The largest absolute Gasteiger partial charge is 0.446 e. The van der Waals surface area contributed by atoms with Gasteiger partial charge in [0.05, 0.1) is 10.9 Å². The molecule has 1 aromatic carbocycles. The zero-order valence-corrected chi connectivity index (χ0v) is 29.8. The highest BCUT2D eigenvalue weighted by atomic mass is 32.2. The zero-order valence-electron chi connectivity index (χ0n) is 28.1. The molecule has 6 rings (SSSR count). The molecule has 0 radical (unpaired) electrons. The zero-order chi connectivity index (χ0) is 35.1. The van der Waals surface area contributed by atoms with E-state index in [9.17, 15) is 27.6 Å². The Morgan fingerprint density at radius 2 is 1.80 bits per heavy atom. The van der Waals surface area contributed by atoms with E-state index in [1.165, 1.54) is 22.3 Å². The van der Waals surface area contributed by atoms with Crippen LogP contribution in [-0.2, 0) is 29.1 Å². The van der Waals surface area contributed by atoms with Crippen LogP contribution in [0, 0.1) is 11.3 Å². The number of hydrogen-bond donors (Lipinski definition) is 3. The van der Waals surface area contributed by atoms with Gasteiger partial charge in [-0.05, 0) is 56.8 Å². The Morgan fingerprint density at radius 3 is 2.41 bits per heavy atom. The van der Waals surface area contributed by atoms with Crippen molar-refractivity contribution >= 4 is 45.2 Å². The number of thiazole rings is 1. The number of carbonyl (C=O) groups is 4. The molecule has 49 heavy (non-hydrogen) atoms. The number of alkyl carbamates (subject to hydrolysis) is 1. The number of amides is 4. The predicted octanol–water partition coefficient (Wildman–Crippen LogP) is 4.25. The van der Waals surface area contributed by atoms with Gasteiger partial charge in [-0.15, -0.1) is 17.9 Å². The highest BCUT2D eigenvalue weighted by Crippen LogP contribution is 2.46. The lowest BCUT2D eigenvalue weighted by atomic mass is 9.85. The second-order valence-corrected chi connectivity index (χ2v) is 17.6. The fourth-order valence-electron chi connectivity index (χ4n) is 6.87. The number of nitrogens with zero attached hydrogens (tertiary/aromatic N) is 2. The summed E-state index contributed by atoms with van der Waals surface area (Å²) in [5, 5.41) is 7.76. The molecule has 2 aromatic rings. The van der Waals surface area contributed by atoms with E-state index in [2.05, 4.69) is 21.9 Å². The highest BCUT2D eigenvalue weighted by molar-refractivity contribution is 7.91. The molecule has 4 amide bonds. The molecule has 14 heteroatoms. The van der Waals surface area contributed by atoms with Crippen molar-refractivity contribution in [3.63, 3.8) is 0 Å². The van der Waals surface area contributed by atoms with Crippen molar-refractivity contribution < 1.29 is 32.3 Å². The Labute approximate surface area is 291 Å². The van der Waals surface area contributed by atoms with E-state index >= 15 is 0 Å². The second-order valence-electron chi connectivity index (χ2n) is 14.8. The van der Waals surface area contributed by atoms with Crippen LogP contribution in [0.15, 0.2) is 48.4 Å². The summed E-state index contributed by atoms with van der Waals surface area (Å²) < 4.78 is 33.1. The minimum Gasteiger partial charge on any atom is -0.446 e. The van der Waals surface area contributed by atoms with E-state index in [1.807, 2.05) is 56.5 Å². The van der Waals surface area contributed by atoms with Gasteiger partial charge in [-0.2, -0.15) is 0 Å². The van der Waals surface area contributed by atoms with Gasteiger partial charge in [0.1, 0.15) is 28.7 Å². The first kappa shape index (κ1) is 35.1. The van der Waals surface area contributed by atoms with Gasteiger partial charge in [0.15, 0.2) is 0 Å². The van der Waals surface area contributed by atoms with Crippen LogP contribution in [0.1, 0.15) is 83.7 Å². The lowest BCUT2D eigenvalue weighted by Crippen LogP contribution is -2.60. The van der Waals surface area contributed by atoms with Crippen LogP contribution in [0.25, 0.3) is 10.6 Å². The summed E-state index contributed by atoms with van der Waals surface area (Å²) in [6.07, 6.45) is 5.53. The molecule has 1 saturated heterocycles. The molecule has 0 spiro atoms. The monoisotopic (exact) mass is 711 g/mol. The Hall–Kier alpha value is -3.78. The van der Waals surface area contributed by atoms with E-state index in [0.29, 0.717) is 12.8 Å². The second kappa shape index (κ2) is 13.5. The van der Waals surface area contributed by atoms with Crippen LogP contribution in [0.5, 0.6) is 0 Å². The van der Waals surface area contributed by atoms with Crippen LogP contribution < -0.4 is 15.4 Å². The predicted molar refractivity (Wildman–Crippen MR) is 185 cm³/mol. The van der Waals surface area contributed by atoms with Gasteiger partial charge in [-0.1, -0.05) is 57.2 Å². The third-order valence-corrected chi connectivity index (χ3v) is 12.8. The van der Waals surface area contributed by atoms with Crippen molar-refractivity contribution in [3.05, 3.63) is 54.1 Å². The highest BCUT2D eigenvalue weighted by Gasteiger charge is 2.62. The number of likely N-dealkylation sites (tertiary alicyclic amines) is 1. The van der Waals surface area contributed by atoms with E-state index in [4.69, 9.17) is 9.72 Å². The normalized spacial score (nSPS) is 26.1. The van der Waals surface area contributed by atoms with Crippen LogP contribution in [0.3, 0.4) is 0 Å². The summed E-state index contributed by atoms with van der Waals surface area (Å²) in [7, 11) is -3.86. The Balaban J connectivity index is 1.26. The van der Waals surface area contributed by atoms with Gasteiger partial charge >= 0.3 is 6.09 Å². The minimum atomic E-state index is -3.86. The third-order valence-electron chi connectivity index (χ3n) is 10.0. The van der Waals surface area contributed by atoms with E-state index in [0.717, 1.165) is 41.9 Å². The Morgan fingerprint density at radius 1 is 1.10 bits per heavy atom. The van der Waals surface area contributed by atoms with Gasteiger partial charge in [0.2, 0.25) is 21.8 Å². The third kappa shape index (κ3) is 7.54. The molecule has 3 aliphatic carbocycles. The molecule has 0 bridgehead atoms. The van der Waals surface area contributed by atoms with Gasteiger partial charge in [-0.3, -0.25) is 19.1 Å². The lowest BCUT2D eigenvalue weighted by molar-refractivity contribution is -0.142. The molecule has 4 aliphatic rings. The van der Waals surface area contributed by atoms with Gasteiger partial charge in [0.25, 0.3) is 5.91 Å². The molecule has 3 N–H and O–H groups in total. The molecule has 0 unspecified atom stereocenters. The van der Waals surface area contributed by atoms with Crippen LogP contribution in [-0.4, -0.2) is 77.6 Å². The average Bonchev–Trinajstić information content (AvgIpc) is 3.82. The van der Waals surface area contributed by atoms with Crippen molar-refractivity contribution in [1.82, 2.24) is 25.2 Å². The topological polar surface area (TPSA) is 164 Å². The van der Waals surface area contributed by atoms with Gasteiger partial charge in [-0.25, -0.2) is 18.2 Å². The molecule has 12 nitrogen and oxygen atoms in total. The smallest absolute Gasteiger partial charge is 0.408 e. The molecule has 4 fully saturated rings. The van der Waals surface area contributed by atoms with Crippen LogP contribution in [0.4, 0.5) is 4.79 Å². The number of carbonyl (C=O) groups excluding carboxylic acids is 4. The fourth-order valence-corrected chi connectivity index (χ4v) is 9.14. The molecule has 1 aliphatic heterocycles. The van der Waals surface area contributed by atoms with E-state index in [-0.39, 0.29) is 31.4 Å². The first-order chi connectivity index (χ1) is 23.2. The summed E-state index contributed by atoms with van der Waals surface area (Å²) in [5.74, 6) is -2.63. The summed E-state index contributed by atoms with van der Waals surface area (Å²) in [5.41, 5.74) is -0.554. The van der Waals surface area contributed by atoms with Gasteiger partial charge in [0, 0.05) is 29.3 Å². The van der Waals surface area contributed by atoms with Crippen molar-refractivity contribution in [3.8, 4) is 10.6 Å². The summed E-state index contributed by atoms with van der Waals surface area (Å²) >= 11 is 1.47. The molecule has 2 heterocycles. The van der Waals surface area contributed by atoms with Crippen LogP contribution in [0.2, 0.25) is 0 Å². The summed E-state index contributed by atoms with van der Waals surface area (Å²) in [6, 6.07) is 7.68. The van der Waals surface area contributed by atoms with Crippen molar-refractivity contribution in [2.45, 2.75) is 107 Å². The molecule has 264 valence electrons. The Kier molecular flexibility index (Phi) is 9.66. The molecule has 1 aromatic heterocycles. The molecule has 3 saturated carbocycles. The van der Waals surface area contributed by atoms with Crippen LogP contribution >= 0.6 is 11.3 Å². The number of hydrogen-bond acceptors (Lipinski definition) is 9. The number of benzene rings is 1. The maximum absolute atomic E-state index is 14.5. The first-order valence-corrected chi connectivity index (χ1v) is 19.4. The van der Waals surface area contributed by atoms with E-state index in [1.54, 1.807) is 0 Å². The molecular formula is C35H45N5O7S2. The van der Waals surface area contributed by atoms with E-state index < -0.39 is 68.0 Å². The summed E-state index contributed by atoms with van der Waals surface area (Å²) in [6.45, 7) is 9.43. The quantitative estimate of drug-likeness (QED) is 0.292. The average molecular weight is 712 g/mol. The Bertz CT molecular complexity index is 1710. The number of rotatable bonds is 11. The number of aromatic nitrogens is 1. The maximum Gasteiger partial charge on any atom is 0.408 e.